The van der Waals surface area contributed by atoms with E-state index in [9.17, 15) is 19.6 Å². The summed E-state index contributed by atoms with van der Waals surface area (Å²) in [7, 11) is 0. The number of hydrogen-bond donors (Lipinski definition) is 3. The van der Waals surface area contributed by atoms with Crippen LogP contribution in [0.25, 0.3) is 28.0 Å². The smallest absolute Gasteiger partial charge is 0.249 e. The third-order valence-electron chi connectivity index (χ3n) is 14.8. The number of piperidine rings is 3. The molecule has 1 saturated carbocycles. The van der Waals surface area contributed by atoms with Crippen LogP contribution in [0, 0.1) is 28.0 Å². The number of nitrogens with zero attached hydrogens (tertiary/aromatic N) is 10. The Morgan fingerprint density at radius 2 is 1.74 bits per heavy atom. The molecule has 3 N–H and O–H groups in total. The SMILES string of the molecule is CCC1(C(=O)NC(C)C)CCN(c2ccc(-c3nc(-c4cnn(C5CC6(C5)CN(C5CCN(c7ccc(NC8CCC(=O)NC8=O)cc7F)CC5)C6)c4)cn4ncc(C#N)c34)cn2)CC1. The van der Waals surface area contributed by atoms with Gasteiger partial charge in [0, 0.05) is 87.0 Å². The van der Waals surface area contributed by atoms with E-state index in [4.69, 9.17) is 15.1 Å². The van der Waals surface area contributed by atoms with E-state index >= 15 is 4.39 Å². The van der Waals surface area contributed by atoms with Crippen molar-refractivity contribution in [1.82, 2.24) is 44.9 Å². The average molecular weight is 882 g/mol. The largest absolute Gasteiger partial charge is 0.374 e. The summed E-state index contributed by atoms with van der Waals surface area (Å²) < 4.78 is 19.1. The van der Waals surface area contributed by atoms with E-state index in [0.717, 1.165) is 101 Å². The molecule has 1 aliphatic carbocycles. The van der Waals surface area contributed by atoms with Crippen LogP contribution < -0.4 is 25.8 Å². The summed E-state index contributed by atoms with van der Waals surface area (Å²) in [6, 6.07) is 11.7. The second-order valence-electron chi connectivity index (χ2n) is 19.3. The van der Waals surface area contributed by atoms with Gasteiger partial charge in [0.1, 0.15) is 34.8 Å². The number of benzene rings is 1. The summed E-state index contributed by atoms with van der Waals surface area (Å²) in [5, 5.41) is 27.9. The number of amides is 3. The number of fused-ring (bicyclic) bond motifs is 1. The minimum absolute atomic E-state index is 0.109. The summed E-state index contributed by atoms with van der Waals surface area (Å²) in [4.78, 5) is 53.7. The van der Waals surface area contributed by atoms with Crippen molar-refractivity contribution >= 4 is 40.4 Å². The lowest BCUT2D eigenvalue weighted by Gasteiger charge is -2.61. The van der Waals surface area contributed by atoms with Gasteiger partial charge in [-0.3, -0.25) is 29.3 Å². The maximum Gasteiger partial charge on any atom is 0.249 e. The maximum atomic E-state index is 15.3. The number of pyridine rings is 1. The van der Waals surface area contributed by atoms with Crippen molar-refractivity contribution in [3.8, 4) is 28.6 Å². The van der Waals surface area contributed by atoms with Crippen LogP contribution in [0.4, 0.5) is 21.6 Å². The molecule has 1 spiro atoms. The normalized spacial score (nSPS) is 21.3. The number of likely N-dealkylation sites (tertiary alicyclic amines) is 1. The molecule has 0 radical (unpaired) electrons. The fourth-order valence-corrected chi connectivity index (χ4v) is 11.0. The molecule has 5 fully saturated rings. The van der Waals surface area contributed by atoms with Gasteiger partial charge < -0.3 is 20.4 Å². The Hall–Kier alpha value is -6.41. The summed E-state index contributed by atoms with van der Waals surface area (Å²) in [5.74, 6) is 0.0227. The molecule has 0 bridgehead atoms. The van der Waals surface area contributed by atoms with Crippen LogP contribution in [0.3, 0.4) is 0 Å². The molecule has 10 rings (SSSR count). The summed E-state index contributed by atoms with van der Waals surface area (Å²) in [6.07, 6.45) is 16.2. The number of hydrogen-bond acceptors (Lipinski definition) is 12. The van der Waals surface area contributed by atoms with Gasteiger partial charge in [0.05, 0.1) is 47.1 Å². The van der Waals surface area contributed by atoms with E-state index in [2.05, 4.69) is 59.6 Å². The van der Waals surface area contributed by atoms with Gasteiger partial charge in [-0.25, -0.2) is 18.9 Å². The van der Waals surface area contributed by atoms with Crippen LogP contribution in [-0.4, -0.2) is 109 Å². The molecule has 4 saturated heterocycles. The monoisotopic (exact) mass is 881 g/mol. The van der Waals surface area contributed by atoms with Crippen molar-refractivity contribution in [2.45, 2.75) is 103 Å². The minimum Gasteiger partial charge on any atom is -0.374 e. The van der Waals surface area contributed by atoms with E-state index in [0.29, 0.717) is 57.8 Å². The Labute approximate surface area is 377 Å². The van der Waals surface area contributed by atoms with E-state index < -0.39 is 6.04 Å². The lowest BCUT2D eigenvalue weighted by atomic mass is 9.60. The van der Waals surface area contributed by atoms with Crippen molar-refractivity contribution in [2.75, 3.05) is 54.4 Å². The van der Waals surface area contributed by atoms with Gasteiger partial charge in [-0.2, -0.15) is 15.5 Å². The number of aromatic nitrogens is 6. The number of anilines is 3. The Morgan fingerprint density at radius 1 is 0.954 bits per heavy atom. The van der Waals surface area contributed by atoms with E-state index in [1.807, 2.05) is 50.6 Å². The molecule has 5 aromatic rings. The number of imide groups is 1. The molecule has 4 aromatic heterocycles. The number of halogens is 1. The number of rotatable bonds is 11. The molecule has 338 valence electrons. The first-order valence-corrected chi connectivity index (χ1v) is 23.2. The number of nitrogens with one attached hydrogen (secondary N) is 3. The zero-order valence-electron chi connectivity index (χ0n) is 37.3. The number of carbonyl (C=O) groups is 3. The second kappa shape index (κ2) is 16.9. The molecule has 8 heterocycles. The Morgan fingerprint density at radius 3 is 2.42 bits per heavy atom. The molecule has 4 aliphatic heterocycles. The fourth-order valence-electron chi connectivity index (χ4n) is 11.0. The Kier molecular flexibility index (Phi) is 11.0. The number of nitriles is 1. The van der Waals surface area contributed by atoms with Gasteiger partial charge >= 0.3 is 0 Å². The van der Waals surface area contributed by atoms with Crippen LogP contribution >= 0.6 is 0 Å². The second-order valence-corrected chi connectivity index (χ2v) is 19.3. The third kappa shape index (κ3) is 8.06. The molecule has 17 heteroatoms. The van der Waals surface area contributed by atoms with Gasteiger partial charge in [0.2, 0.25) is 17.7 Å². The van der Waals surface area contributed by atoms with E-state index in [-0.39, 0.29) is 41.4 Å². The molecular formula is C48H56FN13O3. The Bertz CT molecular complexity index is 2660. The zero-order chi connectivity index (χ0) is 45.0. The van der Waals surface area contributed by atoms with Crippen LogP contribution in [-0.2, 0) is 14.4 Å². The van der Waals surface area contributed by atoms with Crippen LogP contribution in [0.1, 0.15) is 90.2 Å². The first-order valence-electron chi connectivity index (χ1n) is 23.2. The summed E-state index contributed by atoms with van der Waals surface area (Å²) in [6.45, 7) is 11.3. The van der Waals surface area contributed by atoms with Gasteiger partial charge in [-0.05, 0) is 101 Å². The van der Waals surface area contributed by atoms with E-state index in [1.54, 1.807) is 16.8 Å². The number of carbonyl (C=O) groups excluding carboxylic acids is 3. The average Bonchev–Trinajstić information content (AvgIpc) is 3.94. The van der Waals surface area contributed by atoms with Crippen LogP contribution in [0.2, 0.25) is 0 Å². The predicted molar refractivity (Wildman–Crippen MR) is 243 cm³/mol. The molecule has 16 nitrogen and oxygen atoms in total. The molecule has 5 aliphatic rings. The lowest BCUT2D eigenvalue weighted by Crippen LogP contribution is -2.65. The van der Waals surface area contributed by atoms with Crippen molar-refractivity contribution < 1.29 is 18.8 Å². The highest BCUT2D eigenvalue weighted by Crippen LogP contribution is 2.55. The summed E-state index contributed by atoms with van der Waals surface area (Å²) >= 11 is 0. The fraction of sp³-hybridized carbons (Fsp3) is 0.500. The molecular weight excluding hydrogens is 826 g/mol. The molecule has 1 atom stereocenters. The van der Waals surface area contributed by atoms with Crippen molar-refractivity contribution in [2.24, 2.45) is 10.8 Å². The molecule has 65 heavy (non-hydrogen) atoms. The highest BCUT2D eigenvalue weighted by Gasteiger charge is 2.54. The van der Waals surface area contributed by atoms with Crippen molar-refractivity contribution in [3.63, 3.8) is 0 Å². The highest BCUT2D eigenvalue weighted by molar-refractivity contribution is 6.01. The predicted octanol–water partition coefficient (Wildman–Crippen LogP) is 5.71. The topological polar surface area (TPSA) is 182 Å². The standard InChI is InChI=1S/C48H56FN13O3/c1-4-48(46(65)54-30(2)3)13-17-59(18-14-48)41-9-5-31(23-51-41)43-44-32(22-50)24-53-62(44)27-39(56-43)33-25-52-61(26-33)36-20-47(21-36)28-60(29-47)35-11-15-58(16-12-35)40-8-6-34(19-37(40)49)55-38-7-10-42(63)57-45(38)64/h5-6,8-9,19,23-27,30,35-36,38,55H,4,7,10-18,20-21,28-29H2,1-3H3,(H,54,65)(H,57,63,64). The first kappa shape index (κ1) is 42.5. The minimum atomic E-state index is -0.553. The lowest BCUT2D eigenvalue weighted by molar-refractivity contribution is -0.134. The van der Waals surface area contributed by atoms with Gasteiger partial charge in [0.15, 0.2) is 0 Å². The molecule has 1 aromatic carbocycles. The molecule has 3 amide bonds. The molecule has 1 unspecified atom stereocenters. The van der Waals surface area contributed by atoms with Crippen molar-refractivity contribution in [3.05, 3.63) is 72.7 Å². The highest BCUT2D eigenvalue weighted by atomic mass is 19.1. The van der Waals surface area contributed by atoms with Gasteiger partial charge in [-0.1, -0.05) is 6.92 Å². The quantitative estimate of drug-likeness (QED) is 0.138. The third-order valence-corrected chi connectivity index (χ3v) is 14.8. The zero-order valence-corrected chi connectivity index (χ0v) is 37.3. The van der Waals surface area contributed by atoms with Gasteiger partial charge in [0.25, 0.3) is 0 Å². The Balaban J connectivity index is 0.744. The van der Waals surface area contributed by atoms with Crippen molar-refractivity contribution in [1.29, 1.82) is 5.26 Å². The summed E-state index contributed by atoms with van der Waals surface area (Å²) in [5.41, 5.74) is 5.11. The van der Waals surface area contributed by atoms with E-state index in [1.165, 1.54) is 6.07 Å². The first-order chi connectivity index (χ1) is 31.4. The van der Waals surface area contributed by atoms with Crippen LogP contribution in [0.5, 0.6) is 0 Å². The van der Waals surface area contributed by atoms with Crippen LogP contribution in [0.15, 0.2) is 61.3 Å². The maximum absolute atomic E-state index is 15.3. The van der Waals surface area contributed by atoms with Gasteiger partial charge in [-0.15, -0.1) is 0 Å².